The van der Waals surface area contributed by atoms with Gasteiger partial charge in [0, 0.05) is 27.0 Å². The maximum absolute atomic E-state index is 10.9. The lowest BCUT2D eigenvalue weighted by atomic mass is 10.4. The van der Waals surface area contributed by atoms with Crippen molar-refractivity contribution in [1.82, 2.24) is 0 Å². The number of hydrogen-bond acceptors (Lipinski definition) is 1. The number of benzene rings is 1. The standard InChI is InChI=1S/C7H7ClOS/c1-10(9)7-4-2-3-6(8)5-7/h2-5H,1H3. The minimum atomic E-state index is -0.924. The van der Waals surface area contributed by atoms with Crippen LogP contribution < -0.4 is 0 Å². The van der Waals surface area contributed by atoms with E-state index in [9.17, 15) is 4.21 Å². The fraction of sp³-hybridized carbons (Fsp3) is 0.143. The van der Waals surface area contributed by atoms with E-state index in [1.807, 2.05) is 0 Å². The molecule has 1 aromatic carbocycles. The Balaban J connectivity index is 3.07. The van der Waals surface area contributed by atoms with Gasteiger partial charge in [-0.25, -0.2) is 0 Å². The van der Waals surface area contributed by atoms with Gasteiger partial charge in [0.2, 0.25) is 0 Å². The average molecular weight is 175 g/mol. The molecule has 0 spiro atoms. The Labute approximate surface area is 67.5 Å². The number of halogens is 1. The van der Waals surface area contributed by atoms with E-state index >= 15 is 0 Å². The zero-order chi connectivity index (χ0) is 7.56. The highest BCUT2D eigenvalue weighted by Crippen LogP contribution is 2.12. The molecule has 10 heavy (non-hydrogen) atoms. The molecule has 0 saturated heterocycles. The molecule has 0 aromatic heterocycles. The average Bonchev–Trinajstić information content (AvgIpc) is 1.88. The third-order valence-electron chi connectivity index (χ3n) is 1.13. The molecule has 0 aliphatic rings. The summed E-state index contributed by atoms with van der Waals surface area (Å²) >= 11 is 5.65. The molecule has 0 aliphatic heterocycles. The van der Waals surface area contributed by atoms with Gasteiger partial charge in [-0.2, -0.15) is 0 Å². The molecular weight excluding hydrogens is 168 g/mol. The molecule has 0 bridgehead atoms. The maximum atomic E-state index is 10.9. The summed E-state index contributed by atoms with van der Waals surface area (Å²) in [6.07, 6.45) is 1.63. The molecule has 54 valence electrons. The SMILES string of the molecule is CS(=O)c1cccc(Cl)c1. The second kappa shape index (κ2) is 3.17. The van der Waals surface area contributed by atoms with Crippen molar-refractivity contribution in [2.24, 2.45) is 0 Å². The van der Waals surface area contributed by atoms with Crippen molar-refractivity contribution >= 4 is 22.4 Å². The lowest BCUT2D eigenvalue weighted by Crippen LogP contribution is -1.84. The van der Waals surface area contributed by atoms with Crippen molar-refractivity contribution in [1.29, 1.82) is 0 Å². The molecule has 1 rings (SSSR count). The van der Waals surface area contributed by atoms with E-state index < -0.39 is 10.8 Å². The van der Waals surface area contributed by atoms with Crippen LogP contribution >= 0.6 is 11.6 Å². The lowest BCUT2D eigenvalue weighted by Gasteiger charge is -1.94. The van der Waals surface area contributed by atoms with Crippen molar-refractivity contribution < 1.29 is 4.21 Å². The summed E-state index contributed by atoms with van der Waals surface area (Å²) in [5.74, 6) is 0. The molecule has 1 atom stereocenters. The monoisotopic (exact) mass is 174 g/mol. The van der Waals surface area contributed by atoms with Gasteiger partial charge in [-0.1, -0.05) is 17.7 Å². The van der Waals surface area contributed by atoms with E-state index in [0.717, 1.165) is 4.90 Å². The Morgan fingerprint density at radius 3 is 2.60 bits per heavy atom. The zero-order valence-corrected chi connectivity index (χ0v) is 7.08. The van der Waals surface area contributed by atoms with E-state index in [4.69, 9.17) is 11.6 Å². The summed E-state index contributed by atoms with van der Waals surface area (Å²) in [7, 11) is -0.924. The van der Waals surface area contributed by atoms with E-state index in [1.165, 1.54) is 0 Å². The molecule has 0 saturated carbocycles. The summed E-state index contributed by atoms with van der Waals surface area (Å²) in [4.78, 5) is 0.771. The molecule has 3 heteroatoms. The predicted octanol–water partition coefficient (Wildman–Crippen LogP) is 2.08. The Hall–Kier alpha value is -0.340. The van der Waals surface area contributed by atoms with Gasteiger partial charge in [-0.15, -0.1) is 0 Å². The molecule has 1 aromatic rings. The Morgan fingerprint density at radius 2 is 2.20 bits per heavy atom. The topological polar surface area (TPSA) is 17.1 Å². The van der Waals surface area contributed by atoms with E-state index in [1.54, 1.807) is 30.5 Å². The second-order valence-corrected chi connectivity index (χ2v) is 3.73. The predicted molar refractivity (Wildman–Crippen MR) is 43.8 cm³/mol. The molecule has 1 nitrogen and oxygen atoms in total. The summed E-state index contributed by atoms with van der Waals surface area (Å²) in [5.41, 5.74) is 0. The summed E-state index contributed by atoms with van der Waals surface area (Å²) < 4.78 is 10.9. The minimum absolute atomic E-state index is 0.632. The van der Waals surface area contributed by atoms with Crippen molar-refractivity contribution in [2.45, 2.75) is 4.90 Å². The number of rotatable bonds is 1. The van der Waals surface area contributed by atoms with Crippen LogP contribution in [-0.2, 0) is 10.8 Å². The first kappa shape index (κ1) is 7.76. The quantitative estimate of drug-likeness (QED) is 0.637. The van der Waals surface area contributed by atoms with Gasteiger partial charge in [0.25, 0.3) is 0 Å². The molecule has 0 N–H and O–H groups in total. The van der Waals surface area contributed by atoms with E-state index in [2.05, 4.69) is 0 Å². The highest BCUT2D eigenvalue weighted by atomic mass is 35.5. The summed E-state index contributed by atoms with van der Waals surface area (Å²) in [5, 5.41) is 0.632. The number of hydrogen-bond donors (Lipinski definition) is 0. The smallest absolute Gasteiger partial charge is 0.0498 e. The first-order valence-corrected chi connectivity index (χ1v) is 4.73. The Kier molecular flexibility index (Phi) is 2.46. The first-order valence-electron chi connectivity index (χ1n) is 2.79. The molecule has 0 fully saturated rings. The summed E-state index contributed by atoms with van der Waals surface area (Å²) in [6, 6.07) is 7.05. The molecular formula is C7H7ClOS. The lowest BCUT2D eigenvalue weighted by molar-refractivity contribution is 0.687. The van der Waals surface area contributed by atoms with E-state index in [-0.39, 0.29) is 0 Å². The Morgan fingerprint density at radius 1 is 1.50 bits per heavy atom. The third kappa shape index (κ3) is 1.82. The van der Waals surface area contributed by atoms with Crippen LogP contribution in [0.3, 0.4) is 0 Å². The van der Waals surface area contributed by atoms with Crippen LogP contribution in [0.1, 0.15) is 0 Å². The van der Waals surface area contributed by atoms with Crippen molar-refractivity contribution in [3.63, 3.8) is 0 Å². The largest absolute Gasteiger partial charge is 0.255 e. The fourth-order valence-electron chi connectivity index (χ4n) is 0.646. The van der Waals surface area contributed by atoms with Gasteiger partial charge in [0.15, 0.2) is 0 Å². The van der Waals surface area contributed by atoms with Crippen LogP contribution in [-0.4, -0.2) is 10.5 Å². The van der Waals surface area contributed by atoms with E-state index in [0.29, 0.717) is 5.02 Å². The van der Waals surface area contributed by atoms with Gasteiger partial charge in [0.05, 0.1) is 0 Å². The van der Waals surface area contributed by atoms with Crippen LogP contribution in [0.25, 0.3) is 0 Å². The molecule has 0 amide bonds. The normalized spacial score (nSPS) is 13.0. The van der Waals surface area contributed by atoms with Crippen LogP contribution in [0, 0.1) is 0 Å². The van der Waals surface area contributed by atoms with Crippen molar-refractivity contribution in [2.75, 3.05) is 6.26 Å². The van der Waals surface area contributed by atoms with Crippen LogP contribution in [0.2, 0.25) is 5.02 Å². The van der Waals surface area contributed by atoms with Gasteiger partial charge < -0.3 is 0 Å². The van der Waals surface area contributed by atoms with Gasteiger partial charge >= 0.3 is 0 Å². The molecule has 0 aliphatic carbocycles. The molecule has 0 radical (unpaired) electrons. The minimum Gasteiger partial charge on any atom is -0.255 e. The van der Waals surface area contributed by atoms with Gasteiger partial charge in [-0.3, -0.25) is 4.21 Å². The van der Waals surface area contributed by atoms with Gasteiger partial charge in [-0.05, 0) is 18.2 Å². The van der Waals surface area contributed by atoms with Crippen LogP contribution in [0.4, 0.5) is 0 Å². The summed E-state index contributed by atoms with van der Waals surface area (Å²) in [6.45, 7) is 0. The zero-order valence-electron chi connectivity index (χ0n) is 5.50. The third-order valence-corrected chi connectivity index (χ3v) is 2.28. The molecule has 1 unspecified atom stereocenters. The highest BCUT2D eigenvalue weighted by molar-refractivity contribution is 7.84. The first-order chi connectivity index (χ1) is 4.70. The van der Waals surface area contributed by atoms with Crippen molar-refractivity contribution in [3.8, 4) is 0 Å². The van der Waals surface area contributed by atoms with Crippen LogP contribution in [0.15, 0.2) is 29.2 Å². The maximum Gasteiger partial charge on any atom is 0.0498 e. The fourth-order valence-corrected chi connectivity index (χ4v) is 1.46. The van der Waals surface area contributed by atoms with Crippen molar-refractivity contribution in [3.05, 3.63) is 29.3 Å². The highest BCUT2D eigenvalue weighted by Gasteiger charge is 1.95. The second-order valence-electron chi connectivity index (χ2n) is 1.91. The van der Waals surface area contributed by atoms with Crippen LogP contribution in [0.5, 0.6) is 0 Å². The molecule has 0 heterocycles. The Bertz CT molecular complexity index is 260. The van der Waals surface area contributed by atoms with Gasteiger partial charge in [0.1, 0.15) is 0 Å².